The van der Waals surface area contributed by atoms with E-state index in [1.807, 2.05) is 0 Å². The van der Waals surface area contributed by atoms with Gasteiger partial charge in [0.15, 0.2) is 0 Å². The predicted octanol–water partition coefficient (Wildman–Crippen LogP) is 1.67. The van der Waals surface area contributed by atoms with Crippen molar-refractivity contribution in [3.63, 3.8) is 0 Å². The van der Waals surface area contributed by atoms with Gasteiger partial charge in [-0.05, 0) is 48.4 Å². The molecule has 25 heavy (non-hydrogen) atoms. The van der Waals surface area contributed by atoms with Crippen LogP contribution in [-0.4, -0.2) is 26.9 Å². The second kappa shape index (κ2) is 8.00. The summed E-state index contributed by atoms with van der Waals surface area (Å²) >= 11 is 5.77. The van der Waals surface area contributed by atoms with Crippen molar-refractivity contribution in [1.29, 1.82) is 0 Å². The predicted molar refractivity (Wildman–Crippen MR) is 93.8 cm³/mol. The fraction of sp³-hybridized carbons (Fsp3) is 0.125. The van der Waals surface area contributed by atoms with Gasteiger partial charge in [-0.25, -0.2) is 17.9 Å². The Kier molecular flexibility index (Phi) is 6.00. The van der Waals surface area contributed by atoms with Crippen LogP contribution in [0.15, 0.2) is 53.4 Å². The van der Waals surface area contributed by atoms with Crippen LogP contribution in [0.25, 0.3) is 0 Å². The first-order valence-corrected chi connectivity index (χ1v) is 9.09. The molecular weight excluding hydrogens is 366 g/mol. The Morgan fingerprint density at radius 3 is 2.16 bits per heavy atom. The van der Waals surface area contributed by atoms with Crippen molar-refractivity contribution >= 4 is 33.6 Å². The summed E-state index contributed by atoms with van der Waals surface area (Å²) in [7, 11) is -3.95. The van der Waals surface area contributed by atoms with Gasteiger partial charge in [0, 0.05) is 17.1 Å². The van der Waals surface area contributed by atoms with Gasteiger partial charge in [0.2, 0.25) is 0 Å². The Hall–Kier alpha value is -2.58. The van der Waals surface area contributed by atoms with E-state index in [-0.39, 0.29) is 10.8 Å². The van der Waals surface area contributed by atoms with E-state index in [9.17, 15) is 18.0 Å². The zero-order chi connectivity index (χ0) is 18.4. The molecule has 0 bridgehead atoms. The largest absolute Gasteiger partial charge is 0.352 e. The summed E-state index contributed by atoms with van der Waals surface area (Å²) in [6, 6.07) is 11.3. The number of carbonyl (C=O) groups is 2. The highest BCUT2D eigenvalue weighted by molar-refractivity contribution is 7.90. The molecule has 2 rings (SSSR count). The molecule has 0 radical (unpaired) electrons. The number of amides is 3. The summed E-state index contributed by atoms with van der Waals surface area (Å²) in [5.41, 5.74) is 6.15. The average Bonchev–Trinajstić information content (AvgIpc) is 2.54. The van der Waals surface area contributed by atoms with Gasteiger partial charge in [-0.15, -0.1) is 0 Å². The third kappa shape index (κ3) is 5.47. The molecule has 2 aromatic carbocycles. The number of carbonyl (C=O) groups excluding carboxylic acids is 2. The van der Waals surface area contributed by atoms with E-state index in [1.165, 1.54) is 12.1 Å². The highest BCUT2D eigenvalue weighted by Gasteiger charge is 2.15. The van der Waals surface area contributed by atoms with Crippen LogP contribution in [0.1, 0.15) is 15.9 Å². The van der Waals surface area contributed by atoms with E-state index in [1.54, 1.807) is 41.1 Å². The topological polar surface area (TPSA) is 118 Å². The Bertz CT molecular complexity index is 865. The number of sulfonamides is 1. The SMILES string of the molecule is NC(=O)NS(=O)(=O)c1ccc(CCNC(=O)c2ccc(Cl)cc2)cc1. The Labute approximate surface area is 150 Å². The molecule has 0 aromatic heterocycles. The van der Waals surface area contributed by atoms with Crippen LogP contribution in [-0.2, 0) is 16.4 Å². The van der Waals surface area contributed by atoms with Crippen molar-refractivity contribution in [3.8, 4) is 0 Å². The van der Waals surface area contributed by atoms with Crippen LogP contribution in [0.5, 0.6) is 0 Å². The van der Waals surface area contributed by atoms with Crippen LogP contribution in [0.2, 0.25) is 5.02 Å². The molecule has 0 heterocycles. The van der Waals surface area contributed by atoms with E-state index in [2.05, 4.69) is 5.32 Å². The highest BCUT2D eigenvalue weighted by atomic mass is 35.5. The van der Waals surface area contributed by atoms with Crippen molar-refractivity contribution in [3.05, 3.63) is 64.7 Å². The first kappa shape index (κ1) is 18.8. The third-order valence-corrected chi connectivity index (χ3v) is 4.89. The number of nitrogens with one attached hydrogen (secondary N) is 2. The standard InChI is InChI=1S/C16H16ClN3O4S/c17-13-5-3-12(4-6-13)15(21)19-10-9-11-1-7-14(8-2-11)25(23,24)20-16(18)22/h1-8H,9-10H2,(H,19,21)(H3,18,20,22). The lowest BCUT2D eigenvalue weighted by atomic mass is 10.1. The smallest absolute Gasteiger partial charge is 0.326 e. The van der Waals surface area contributed by atoms with E-state index in [0.29, 0.717) is 23.6 Å². The molecule has 0 unspecified atom stereocenters. The second-order valence-electron chi connectivity index (χ2n) is 5.13. The van der Waals surface area contributed by atoms with E-state index in [4.69, 9.17) is 17.3 Å². The van der Waals surface area contributed by atoms with Crippen molar-refractivity contribution in [2.75, 3.05) is 6.54 Å². The zero-order valence-corrected chi connectivity index (χ0v) is 14.6. The quantitative estimate of drug-likeness (QED) is 0.705. The van der Waals surface area contributed by atoms with E-state index in [0.717, 1.165) is 5.56 Å². The molecule has 0 aliphatic heterocycles. The van der Waals surface area contributed by atoms with Crippen LogP contribution in [0.3, 0.4) is 0 Å². The summed E-state index contributed by atoms with van der Waals surface area (Å²) in [5, 5.41) is 3.32. The molecule has 2 aromatic rings. The molecular formula is C16H16ClN3O4S. The summed E-state index contributed by atoms with van der Waals surface area (Å²) < 4.78 is 25.2. The monoisotopic (exact) mass is 381 g/mol. The van der Waals surface area contributed by atoms with Crippen LogP contribution in [0.4, 0.5) is 4.79 Å². The summed E-state index contributed by atoms with van der Waals surface area (Å²) in [5.74, 6) is -0.221. The molecule has 0 saturated carbocycles. The van der Waals surface area contributed by atoms with Crippen molar-refractivity contribution in [1.82, 2.24) is 10.0 Å². The minimum atomic E-state index is -3.95. The Balaban J connectivity index is 1.90. The van der Waals surface area contributed by atoms with Crippen molar-refractivity contribution < 1.29 is 18.0 Å². The number of rotatable bonds is 6. The van der Waals surface area contributed by atoms with E-state index < -0.39 is 16.1 Å². The average molecular weight is 382 g/mol. The minimum absolute atomic E-state index is 0.0692. The first-order valence-electron chi connectivity index (χ1n) is 7.23. The number of benzene rings is 2. The number of urea groups is 1. The number of primary amides is 1. The molecule has 3 amide bonds. The van der Waals surface area contributed by atoms with E-state index >= 15 is 0 Å². The fourth-order valence-corrected chi connectivity index (χ4v) is 3.05. The molecule has 7 nitrogen and oxygen atoms in total. The molecule has 9 heteroatoms. The van der Waals surface area contributed by atoms with Gasteiger partial charge >= 0.3 is 6.03 Å². The van der Waals surface area contributed by atoms with Gasteiger partial charge in [-0.2, -0.15) is 0 Å². The lowest BCUT2D eigenvalue weighted by Crippen LogP contribution is -2.34. The summed E-state index contributed by atoms with van der Waals surface area (Å²) in [6.07, 6.45) is 0.517. The molecule has 0 spiro atoms. The second-order valence-corrected chi connectivity index (χ2v) is 7.25. The normalized spacial score (nSPS) is 10.9. The molecule has 0 aliphatic rings. The third-order valence-electron chi connectivity index (χ3n) is 3.27. The minimum Gasteiger partial charge on any atom is -0.352 e. The van der Waals surface area contributed by atoms with Crippen LogP contribution < -0.4 is 15.8 Å². The van der Waals surface area contributed by atoms with Crippen molar-refractivity contribution in [2.24, 2.45) is 5.73 Å². The molecule has 0 fully saturated rings. The number of nitrogens with two attached hydrogens (primary N) is 1. The lowest BCUT2D eigenvalue weighted by molar-refractivity contribution is 0.0954. The maximum atomic E-state index is 11.9. The molecule has 0 atom stereocenters. The van der Waals surface area contributed by atoms with Gasteiger partial charge in [0.25, 0.3) is 15.9 Å². The zero-order valence-electron chi connectivity index (χ0n) is 13.0. The van der Waals surface area contributed by atoms with Gasteiger partial charge in [-0.1, -0.05) is 23.7 Å². The van der Waals surface area contributed by atoms with Crippen LogP contribution >= 0.6 is 11.6 Å². The van der Waals surface area contributed by atoms with Gasteiger partial charge < -0.3 is 11.1 Å². The molecule has 0 saturated heterocycles. The maximum absolute atomic E-state index is 11.9. The first-order chi connectivity index (χ1) is 11.8. The summed E-state index contributed by atoms with van der Waals surface area (Å²) in [4.78, 5) is 22.6. The number of halogens is 1. The number of hydrogen-bond donors (Lipinski definition) is 3. The molecule has 132 valence electrons. The summed E-state index contributed by atoms with van der Waals surface area (Å²) in [6.45, 7) is 0.382. The van der Waals surface area contributed by atoms with Gasteiger partial charge in [0.1, 0.15) is 0 Å². The van der Waals surface area contributed by atoms with Crippen molar-refractivity contribution in [2.45, 2.75) is 11.3 Å². The fourth-order valence-electron chi connectivity index (χ4n) is 2.05. The molecule has 0 aliphatic carbocycles. The Morgan fingerprint density at radius 1 is 1.00 bits per heavy atom. The lowest BCUT2D eigenvalue weighted by Gasteiger charge is -2.07. The maximum Gasteiger partial charge on any atom is 0.326 e. The van der Waals surface area contributed by atoms with Crippen LogP contribution in [0, 0.1) is 0 Å². The Morgan fingerprint density at radius 2 is 1.60 bits per heavy atom. The highest BCUT2D eigenvalue weighted by Crippen LogP contribution is 2.11. The molecule has 4 N–H and O–H groups in total. The van der Waals surface area contributed by atoms with Gasteiger partial charge in [-0.3, -0.25) is 4.79 Å². The van der Waals surface area contributed by atoms with Gasteiger partial charge in [0.05, 0.1) is 4.90 Å². The number of hydrogen-bond acceptors (Lipinski definition) is 4.